The number of nitrogens with two attached hydrogens (primary N) is 1. The quantitative estimate of drug-likeness (QED) is 0.689. The van der Waals surface area contributed by atoms with Crippen molar-refractivity contribution < 1.29 is 9.66 Å². The predicted molar refractivity (Wildman–Crippen MR) is 77.2 cm³/mol. The van der Waals surface area contributed by atoms with Gasteiger partial charge in [0.05, 0.1) is 16.6 Å². The number of nitriles is 1. The van der Waals surface area contributed by atoms with Crippen molar-refractivity contribution in [1.82, 2.24) is 0 Å². The molecule has 2 aromatic carbocycles. The molecule has 2 rings (SSSR count). The third kappa shape index (κ3) is 3.28. The fourth-order valence-electron chi connectivity index (χ4n) is 1.73. The molecule has 0 aliphatic rings. The summed E-state index contributed by atoms with van der Waals surface area (Å²) in [5.41, 5.74) is 6.15. The molecular formula is C14H10ClN3O3. The van der Waals surface area contributed by atoms with E-state index in [1.165, 1.54) is 18.2 Å². The van der Waals surface area contributed by atoms with Crippen molar-refractivity contribution in [3.8, 4) is 17.6 Å². The van der Waals surface area contributed by atoms with E-state index in [0.29, 0.717) is 16.3 Å². The van der Waals surface area contributed by atoms with Gasteiger partial charge in [-0.05, 0) is 24.3 Å². The van der Waals surface area contributed by atoms with E-state index in [2.05, 4.69) is 0 Å². The monoisotopic (exact) mass is 303 g/mol. The first-order chi connectivity index (χ1) is 10.0. The summed E-state index contributed by atoms with van der Waals surface area (Å²) in [4.78, 5) is 10.5. The van der Waals surface area contributed by atoms with Crippen LogP contribution in [0.25, 0.3) is 0 Å². The number of hydrogen-bond donors (Lipinski definition) is 1. The molecule has 0 spiro atoms. The summed E-state index contributed by atoms with van der Waals surface area (Å²) < 4.78 is 5.56. The lowest BCUT2D eigenvalue weighted by Crippen LogP contribution is -2.00. The third-order valence-electron chi connectivity index (χ3n) is 2.75. The maximum atomic E-state index is 11.1. The summed E-state index contributed by atoms with van der Waals surface area (Å²) in [7, 11) is 0. The molecule has 0 aliphatic heterocycles. The molecule has 0 fully saturated rings. The fourth-order valence-corrected chi connectivity index (χ4v) is 1.89. The summed E-state index contributed by atoms with van der Waals surface area (Å²) in [5, 5.41) is 20.3. The summed E-state index contributed by atoms with van der Waals surface area (Å²) in [6.45, 7) is 0.205. The average Bonchev–Trinajstić information content (AvgIpc) is 2.47. The highest BCUT2D eigenvalue weighted by molar-refractivity contribution is 6.30. The number of rotatable bonds is 4. The second kappa shape index (κ2) is 6.22. The van der Waals surface area contributed by atoms with Crippen molar-refractivity contribution >= 4 is 17.3 Å². The molecule has 0 amide bonds. The van der Waals surface area contributed by atoms with Gasteiger partial charge in [0.2, 0.25) is 5.75 Å². The summed E-state index contributed by atoms with van der Waals surface area (Å²) in [5.74, 6) is 0.369. The van der Waals surface area contributed by atoms with E-state index in [1.807, 2.05) is 6.07 Å². The van der Waals surface area contributed by atoms with Crippen LogP contribution in [0.3, 0.4) is 0 Å². The van der Waals surface area contributed by atoms with Crippen LogP contribution in [0.1, 0.15) is 11.1 Å². The first kappa shape index (κ1) is 14.8. The second-order valence-corrected chi connectivity index (χ2v) is 4.55. The lowest BCUT2D eigenvalue weighted by molar-refractivity contribution is -0.385. The maximum absolute atomic E-state index is 11.1. The zero-order chi connectivity index (χ0) is 15.4. The van der Waals surface area contributed by atoms with E-state index in [9.17, 15) is 10.1 Å². The number of benzene rings is 2. The number of nitro benzene ring substituents is 1. The summed E-state index contributed by atoms with van der Waals surface area (Å²) in [6, 6.07) is 10.7. The van der Waals surface area contributed by atoms with E-state index in [-0.39, 0.29) is 23.5 Å². The lowest BCUT2D eigenvalue weighted by atomic mass is 10.2. The Labute approximate surface area is 125 Å². The smallest absolute Gasteiger partial charge is 0.312 e. The van der Waals surface area contributed by atoms with Crippen LogP contribution in [0.15, 0.2) is 36.4 Å². The van der Waals surface area contributed by atoms with Gasteiger partial charge in [-0.25, -0.2) is 0 Å². The SMILES string of the molecule is N#Cc1ccc(Oc2cc(Cl)ccc2CN)c([N+](=O)[O-])c1. The van der Waals surface area contributed by atoms with Crippen LogP contribution >= 0.6 is 11.6 Å². The Bertz CT molecular complexity index is 741. The molecule has 0 aromatic heterocycles. The van der Waals surface area contributed by atoms with E-state index >= 15 is 0 Å². The van der Waals surface area contributed by atoms with E-state index < -0.39 is 4.92 Å². The number of nitro groups is 1. The highest BCUT2D eigenvalue weighted by Crippen LogP contribution is 2.34. The maximum Gasteiger partial charge on any atom is 0.312 e. The zero-order valence-corrected chi connectivity index (χ0v) is 11.5. The molecule has 0 bridgehead atoms. The molecule has 0 atom stereocenters. The van der Waals surface area contributed by atoms with Gasteiger partial charge in [0.1, 0.15) is 5.75 Å². The molecule has 21 heavy (non-hydrogen) atoms. The average molecular weight is 304 g/mol. The Balaban J connectivity index is 2.47. The van der Waals surface area contributed by atoms with Gasteiger partial charge in [0.25, 0.3) is 0 Å². The molecule has 106 valence electrons. The Morgan fingerprint density at radius 3 is 2.67 bits per heavy atom. The van der Waals surface area contributed by atoms with Crippen LogP contribution in [-0.2, 0) is 6.54 Å². The Kier molecular flexibility index (Phi) is 4.38. The Morgan fingerprint density at radius 2 is 2.05 bits per heavy atom. The van der Waals surface area contributed by atoms with Crippen LogP contribution in [0.5, 0.6) is 11.5 Å². The van der Waals surface area contributed by atoms with Crippen LogP contribution in [0, 0.1) is 21.4 Å². The largest absolute Gasteiger partial charge is 0.450 e. The van der Waals surface area contributed by atoms with E-state index in [0.717, 1.165) is 6.07 Å². The van der Waals surface area contributed by atoms with Crippen molar-refractivity contribution in [2.24, 2.45) is 5.73 Å². The first-order valence-electron chi connectivity index (χ1n) is 5.90. The highest BCUT2D eigenvalue weighted by Gasteiger charge is 2.18. The van der Waals surface area contributed by atoms with Crippen LogP contribution in [-0.4, -0.2) is 4.92 Å². The molecule has 2 N–H and O–H groups in total. The molecule has 0 heterocycles. The molecule has 0 radical (unpaired) electrons. The van der Waals surface area contributed by atoms with Gasteiger partial charge >= 0.3 is 5.69 Å². The standard InChI is InChI=1S/C14H10ClN3O3/c15-11-3-2-10(8-17)14(6-11)21-13-4-1-9(7-16)5-12(13)18(19)20/h1-6H,8,17H2. The second-order valence-electron chi connectivity index (χ2n) is 4.11. The molecule has 0 saturated carbocycles. The number of ether oxygens (including phenoxy) is 1. The summed E-state index contributed by atoms with van der Waals surface area (Å²) in [6.07, 6.45) is 0. The molecule has 0 unspecified atom stereocenters. The molecular weight excluding hydrogens is 294 g/mol. The minimum absolute atomic E-state index is 0.0240. The molecule has 0 aliphatic carbocycles. The van der Waals surface area contributed by atoms with Crippen molar-refractivity contribution in [2.45, 2.75) is 6.54 Å². The van der Waals surface area contributed by atoms with Crippen LogP contribution < -0.4 is 10.5 Å². The van der Waals surface area contributed by atoms with Crippen LogP contribution in [0.2, 0.25) is 5.02 Å². The third-order valence-corrected chi connectivity index (χ3v) is 2.99. The van der Waals surface area contributed by atoms with E-state index in [4.69, 9.17) is 27.3 Å². The molecule has 0 saturated heterocycles. The molecule has 2 aromatic rings. The topological polar surface area (TPSA) is 102 Å². The fraction of sp³-hybridized carbons (Fsp3) is 0.0714. The van der Waals surface area contributed by atoms with Crippen molar-refractivity contribution in [3.63, 3.8) is 0 Å². The first-order valence-corrected chi connectivity index (χ1v) is 6.28. The minimum Gasteiger partial charge on any atom is -0.450 e. The van der Waals surface area contributed by atoms with Gasteiger partial charge in [-0.1, -0.05) is 17.7 Å². The number of nitrogens with zero attached hydrogens (tertiary/aromatic N) is 2. The predicted octanol–water partition coefficient (Wildman–Crippen LogP) is 3.37. The Morgan fingerprint density at radius 1 is 1.29 bits per heavy atom. The molecule has 7 heteroatoms. The lowest BCUT2D eigenvalue weighted by Gasteiger charge is -2.10. The molecule has 6 nitrogen and oxygen atoms in total. The van der Waals surface area contributed by atoms with Gasteiger partial charge in [-0.15, -0.1) is 0 Å². The highest BCUT2D eigenvalue weighted by atomic mass is 35.5. The van der Waals surface area contributed by atoms with Gasteiger partial charge in [-0.3, -0.25) is 10.1 Å². The zero-order valence-electron chi connectivity index (χ0n) is 10.7. The van der Waals surface area contributed by atoms with Crippen LogP contribution in [0.4, 0.5) is 5.69 Å². The van der Waals surface area contributed by atoms with Crippen molar-refractivity contribution in [3.05, 3.63) is 62.7 Å². The van der Waals surface area contributed by atoms with Gasteiger partial charge < -0.3 is 10.5 Å². The Hall–Kier alpha value is -2.62. The number of hydrogen-bond acceptors (Lipinski definition) is 5. The number of halogens is 1. The minimum atomic E-state index is -0.608. The normalized spacial score (nSPS) is 9.95. The summed E-state index contributed by atoms with van der Waals surface area (Å²) >= 11 is 5.89. The van der Waals surface area contributed by atoms with Gasteiger partial charge in [0, 0.05) is 23.2 Å². The van der Waals surface area contributed by atoms with E-state index in [1.54, 1.807) is 12.1 Å². The van der Waals surface area contributed by atoms with Crippen molar-refractivity contribution in [2.75, 3.05) is 0 Å². The van der Waals surface area contributed by atoms with Gasteiger partial charge in [0.15, 0.2) is 0 Å². The van der Waals surface area contributed by atoms with Gasteiger partial charge in [-0.2, -0.15) is 5.26 Å². The van der Waals surface area contributed by atoms with Crippen molar-refractivity contribution in [1.29, 1.82) is 5.26 Å².